The summed E-state index contributed by atoms with van der Waals surface area (Å²) in [6.45, 7) is 11.9. The number of rotatable bonds is 2. The Morgan fingerprint density at radius 1 is 1.19 bits per heavy atom. The summed E-state index contributed by atoms with van der Waals surface area (Å²) < 4.78 is 48.0. The number of halogens is 1. The maximum absolute atomic E-state index is 14.4. The summed E-state index contributed by atoms with van der Waals surface area (Å²) in [6, 6.07) is 4.12. The van der Waals surface area contributed by atoms with Gasteiger partial charge in [0.05, 0.1) is 11.1 Å². The van der Waals surface area contributed by atoms with Gasteiger partial charge in [-0.15, -0.1) is 0 Å². The van der Waals surface area contributed by atoms with Crippen molar-refractivity contribution in [1.82, 2.24) is 14.2 Å². The van der Waals surface area contributed by atoms with Gasteiger partial charge < -0.3 is 9.64 Å². The van der Waals surface area contributed by atoms with E-state index in [1.54, 1.807) is 39.8 Å². The summed E-state index contributed by atoms with van der Waals surface area (Å²) in [4.78, 5) is 17.7. The molecular weight excluding hydrogens is 421 g/mol. The molecule has 7 nitrogen and oxygen atoms in total. The minimum atomic E-state index is -3.98. The van der Waals surface area contributed by atoms with Crippen molar-refractivity contribution < 1.29 is 22.3 Å². The number of fused-ring (bicyclic) bond motifs is 1. The third-order valence-corrected chi connectivity index (χ3v) is 6.78. The highest BCUT2D eigenvalue weighted by Crippen LogP contribution is 2.29. The second-order valence-electron chi connectivity index (χ2n) is 8.22. The fourth-order valence-corrected chi connectivity index (χ4v) is 5.37. The molecule has 3 rings (SSSR count). The van der Waals surface area contributed by atoms with Gasteiger partial charge in [-0.1, -0.05) is 26.0 Å². The molecule has 1 fully saturated rings. The predicted molar refractivity (Wildman–Crippen MR) is 119 cm³/mol. The van der Waals surface area contributed by atoms with Crippen molar-refractivity contribution in [2.75, 3.05) is 19.6 Å². The number of carbonyl (C=O) groups excluding carboxylic acids is 1. The van der Waals surface area contributed by atoms with E-state index in [0.717, 1.165) is 6.20 Å². The molecule has 1 aromatic carbocycles. The average molecular weight is 454 g/mol. The number of pyridine rings is 1. The molecule has 0 bridgehead atoms. The van der Waals surface area contributed by atoms with Crippen molar-refractivity contribution >= 4 is 26.9 Å². The zero-order valence-electron chi connectivity index (χ0n) is 19.1. The van der Waals surface area contributed by atoms with Crippen molar-refractivity contribution in [1.29, 1.82) is 0 Å². The molecule has 1 amide bonds. The standard InChI is InChI=1S/C20H26FN3O4S.C2H6/c1-14-13-23(19(25)28-20(2,3)4)9-6-10-24(14)29(26,27)17-8-5-7-15-11-22-12-16(21)18(15)17;1-2/h5,7-8,11-12,14H,6,9-10,13H2,1-4H3;1-2H3. The van der Waals surface area contributed by atoms with E-state index in [1.807, 2.05) is 13.8 Å². The van der Waals surface area contributed by atoms with Gasteiger partial charge in [0.25, 0.3) is 0 Å². The molecule has 0 spiro atoms. The Kier molecular flexibility index (Phi) is 7.99. The van der Waals surface area contributed by atoms with Crippen LogP contribution in [0.1, 0.15) is 48.0 Å². The van der Waals surface area contributed by atoms with Crippen LogP contribution >= 0.6 is 0 Å². The van der Waals surface area contributed by atoms with Gasteiger partial charge in [-0.2, -0.15) is 4.31 Å². The Bertz CT molecular complexity index is 1020. The van der Waals surface area contributed by atoms with E-state index in [9.17, 15) is 17.6 Å². The van der Waals surface area contributed by atoms with Gasteiger partial charge in [0.1, 0.15) is 5.60 Å². The molecule has 1 atom stereocenters. The minimum Gasteiger partial charge on any atom is -0.444 e. The van der Waals surface area contributed by atoms with E-state index in [1.165, 1.54) is 21.5 Å². The van der Waals surface area contributed by atoms with Gasteiger partial charge in [0.2, 0.25) is 10.0 Å². The number of sulfonamides is 1. The number of hydrogen-bond acceptors (Lipinski definition) is 5. The van der Waals surface area contributed by atoms with Crippen LogP contribution < -0.4 is 0 Å². The van der Waals surface area contributed by atoms with Gasteiger partial charge in [-0.05, 0) is 40.2 Å². The molecule has 2 aromatic rings. The molecule has 1 aromatic heterocycles. The molecule has 0 saturated carbocycles. The lowest BCUT2D eigenvalue weighted by molar-refractivity contribution is 0.0244. The van der Waals surface area contributed by atoms with Gasteiger partial charge in [-0.3, -0.25) is 4.98 Å². The first-order valence-corrected chi connectivity index (χ1v) is 12.0. The molecular formula is C22H32FN3O4S. The summed E-state index contributed by atoms with van der Waals surface area (Å²) >= 11 is 0. The Hall–Kier alpha value is -2.26. The van der Waals surface area contributed by atoms with Crippen LogP contribution in [0.25, 0.3) is 10.8 Å². The maximum Gasteiger partial charge on any atom is 0.410 e. The predicted octanol–water partition coefficient (Wildman–Crippen LogP) is 4.42. The zero-order chi connectivity index (χ0) is 23.4. The van der Waals surface area contributed by atoms with Gasteiger partial charge >= 0.3 is 6.09 Å². The van der Waals surface area contributed by atoms with Crippen molar-refractivity contribution in [2.24, 2.45) is 0 Å². The first kappa shape index (κ1) is 25.0. The summed E-state index contributed by atoms with van der Waals surface area (Å²) in [6.07, 6.45) is 2.44. The fourth-order valence-electron chi connectivity index (χ4n) is 3.49. The lowest BCUT2D eigenvalue weighted by atomic mass is 10.2. The van der Waals surface area contributed by atoms with Crippen molar-refractivity contribution in [3.8, 4) is 0 Å². The molecule has 0 radical (unpaired) electrons. The number of aromatic nitrogens is 1. The SMILES string of the molecule is CC.CC1CN(C(=O)OC(C)(C)C)CCCN1S(=O)(=O)c1cccc2cncc(F)c12. The van der Waals surface area contributed by atoms with Crippen molar-refractivity contribution in [3.05, 3.63) is 36.4 Å². The number of amides is 1. The molecule has 2 heterocycles. The molecule has 0 N–H and O–H groups in total. The van der Waals surface area contributed by atoms with E-state index in [-0.39, 0.29) is 23.4 Å². The topological polar surface area (TPSA) is 79.8 Å². The first-order chi connectivity index (χ1) is 14.5. The number of ether oxygens (including phenoxy) is 1. The Labute approximate surface area is 184 Å². The van der Waals surface area contributed by atoms with Crippen molar-refractivity contribution in [3.63, 3.8) is 0 Å². The number of nitrogens with zero attached hydrogens (tertiary/aromatic N) is 3. The summed E-state index contributed by atoms with van der Waals surface area (Å²) in [5, 5.41) is 0.451. The van der Waals surface area contributed by atoms with Crippen LogP contribution in [0.4, 0.5) is 9.18 Å². The Morgan fingerprint density at radius 2 is 1.87 bits per heavy atom. The van der Waals surface area contributed by atoms with Crippen LogP contribution in [0.3, 0.4) is 0 Å². The second kappa shape index (κ2) is 9.91. The third-order valence-electron chi connectivity index (χ3n) is 4.72. The van der Waals surface area contributed by atoms with E-state index < -0.39 is 33.6 Å². The summed E-state index contributed by atoms with van der Waals surface area (Å²) in [5.74, 6) is -0.681. The number of hydrogen-bond donors (Lipinski definition) is 0. The smallest absolute Gasteiger partial charge is 0.410 e. The van der Waals surface area contributed by atoms with Crippen LogP contribution in [-0.2, 0) is 14.8 Å². The highest BCUT2D eigenvalue weighted by molar-refractivity contribution is 7.89. The van der Waals surface area contributed by atoms with Gasteiger partial charge in [-0.25, -0.2) is 17.6 Å². The first-order valence-electron chi connectivity index (χ1n) is 10.5. The van der Waals surface area contributed by atoms with Crippen LogP contribution in [0.5, 0.6) is 0 Å². The lowest BCUT2D eigenvalue weighted by Crippen LogP contribution is -2.45. The molecule has 0 aliphatic carbocycles. The van der Waals surface area contributed by atoms with Crippen molar-refractivity contribution in [2.45, 2.75) is 64.5 Å². The molecule has 1 aliphatic heterocycles. The van der Waals surface area contributed by atoms with Gasteiger partial charge in [0.15, 0.2) is 5.82 Å². The van der Waals surface area contributed by atoms with E-state index >= 15 is 0 Å². The molecule has 1 unspecified atom stereocenters. The Morgan fingerprint density at radius 3 is 2.52 bits per heavy atom. The highest BCUT2D eigenvalue weighted by atomic mass is 32.2. The van der Waals surface area contributed by atoms with Crippen LogP contribution in [0.15, 0.2) is 35.5 Å². The molecule has 172 valence electrons. The van der Waals surface area contributed by atoms with E-state index in [2.05, 4.69) is 4.98 Å². The highest BCUT2D eigenvalue weighted by Gasteiger charge is 2.35. The lowest BCUT2D eigenvalue weighted by Gasteiger charge is -2.30. The third kappa shape index (κ3) is 5.71. The molecule has 9 heteroatoms. The number of benzene rings is 1. The normalized spacial score (nSPS) is 18.2. The van der Waals surface area contributed by atoms with E-state index in [0.29, 0.717) is 18.4 Å². The van der Waals surface area contributed by atoms with E-state index in [4.69, 9.17) is 4.74 Å². The van der Waals surface area contributed by atoms with Gasteiger partial charge in [0, 0.05) is 42.6 Å². The number of carbonyl (C=O) groups is 1. The quantitative estimate of drug-likeness (QED) is 0.672. The average Bonchev–Trinajstić information content (AvgIpc) is 2.90. The minimum absolute atomic E-state index is 0.0305. The monoisotopic (exact) mass is 453 g/mol. The van der Waals surface area contributed by atoms with Crippen LogP contribution in [0, 0.1) is 5.82 Å². The summed E-state index contributed by atoms with van der Waals surface area (Å²) in [5.41, 5.74) is -0.632. The fraction of sp³-hybridized carbons (Fsp3) is 0.545. The molecule has 1 saturated heterocycles. The largest absolute Gasteiger partial charge is 0.444 e. The summed E-state index contributed by atoms with van der Waals surface area (Å²) in [7, 11) is -3.98. The second-order valence-corrected chi connectivity index (χ2v) is 10.1. The zero-order valence-corrected chi connectivity index (χ0v) is 19.9. The maximum atomic E-state index is 14.4. The van der Waals surface area contributed by atoms with Crippen LogP contribution in [0.2, 0.25) is 0 Å². The Balaban J connectivity index is 0.00000166. The van der Waals surface area contributed by atoms with Crippen LogP contribution in [-0.4, -0.2) is 60.0 Å². The molecule has 31 heavy (non-hydrogen) atoms. The molecule has 1 aliphatic rings.